The summed E-state index contributed by atoms with van der Waals surface area (Å²) in [5, 5.41) is 18.7. The Kier molecular flexibility index (Phi) is 2.55. The lowest BCUT2D eigenvalue weighted by Crippen LogP contribution is -2.45. The molecule has 2 unspecified atom stereocenters. The Bertz CT molecular complexity index is 127. The van der Waals surface area contributed by atoms with Crippen LogP contribution in [0.5, 0.6) is 0 Å². The van der Waals surface area contributed by atoms with Gasteiger partial charge in [0, 0.05) is 10.5 Å². The Morgan fingerprint density at radius 1 is 1.40 bits per heavy atom. The van der Waals surface area contributed by atoms with Crippen LogP contribution in [0, 0.1) is 0 Å². The molecule has 0 aromatic carbocycles. The van der Waals surface area contributed by atoms with E-state index in [2.05, 4.69) is 0 Å². The van der Waals surface area contributed by atoms with Gasteiger partial charge in [0.15, 0.2) is 0 Å². The maximum atomic E-state index is 9.42. The minimum absolute atomic E-state index is 0.206. The summed E-state index contributed by atoms with van der Waals surface area (Å²) in [5.41, 5.74) is 0. The molecular weight excluding hydrogens is 168 g/mol. The molecule has 1 aliphatic rings. The zero-order chi connectivity index (χ0) is 7.78. The monoisotopic (exact) mass is 180 g/mol. The highest BCUT2D eigenvalue weighted by Crippen LogP contribution is 2.43. The summed E-state index contributed by atoms with van der Waals surface area (Å²) in [7, 11) is 3.26. The van der Waals surface area contributed by atoms with Crippen LogP contribution in [-0.4, -0.2) is 32.9 Å². The van der Waals surface area contributed by atoms with Crippen LogP contribution in [0.2, 0.25) is 0 Å². The van der Waals surface area contributed by atoms with Gasteiger partial charge in [-0.1, -0.05) is 21.6 Å². The normalized spacial score (nSPS) is 39.6. The average Bonchev–Trinajstić information content (AvgIpc) is 1.83. The highest BCUT2D eigenvalue weighted by atomic mass is 33.1. The summed E-state index contributed by atoms with van der Waals surface area (Å²) in [6, 6.07) is 0. The fourth-order valence-electron chi connectivity index (χ4n) is 0.859. The zero-order valence-electron chi connectivity index (χ0n) is 6.07. The third-order valence-electron chi connectivity index (χ3n) is 1.59. The first-order valence-corrected chi connectivity index (χ1v) is 5.53. The van der Waals surface area contributed by atoms with Gasteiger partial charge in [-0.05, 0) is 13.8 Å². The number of rotatable bonds is 0. The molecule has 0 saturated carbocycles. The van der Waals surface area contributed by atoms with Crippen molar-refractivity contribution >= 4 is 21.6 Å². The van der Waals surface area contributed by atoms with Gasteiger partial charge in [-0.25, -0.2) is 0 Å². The van der Waals surface area contributed by atoms with Gasteiger partial charge in [0.25, 0.3) is 0 Å². The van der Waals surface area contributed by atoms with E-state index in [4.69, 9.17) is 0 Å². The minimum atomic E-state index is -0.584. The van der Waals surface area contributed by atoms with Crippen LogP contribution in [0.15, 0.2) is 0 Å². The van der Waals surface area contributed by atoms with Gasteiger partial charge < -0.3 is 10.2 Å². The summed E-state index contributed by atoms with van der Waals surface area (Å²) in [5.74, 6) is 0.634. The second kappa shape index (κ2) is 2.93. The minimum Gasteiger partial charge on any atom is -0.389 e. The zero-order valence-corrected chi connectivity index (χ0v) is 7.71. The second-order valence-corrected chi connectivity index (χ2v) is 5.98. The number of aliphatic hydroxyl groups excluding tert-OH is 2. The van der Waals surface area contributed by atoms with Crippen LogP contribution < -0.4 is 0 Å². The van der Waals surface area contributed by atoms with Crippen LogP contribution in [0.25, 0.3) is 0 Å². The molecule has 2 atom stereocenters. The highest BCUT2D eigenvalue weighted by molar-refractivity contribution is 8.77. The fraction of sp³-hybridized carbons (Fsp3) is 1.00. The number of hydrogen-bond donors (Lipinski definition) is 2. The van der Waals surface area contributed by atoms with Crippen molar-refractivity contribution in [1.82, 2.24) is 0 Å². The number of aliphatic hydroxyl groups is 2. The van der Waals surface area contributed by atoms with Crippen LogP contribution in [0.4, 0.5) is 0 Å². The maximum absolute atomic E-state index is 9.42. The summed E-state index contributed by atoms with van der Waals surface area (Å²) in [4.78, 5) is 0. The van der Waals surface area contributed by atoms with Gasteiger partial charge in [-0.15, -0.1) is 0 Å². The van der Waals surface area contributed by atoms with E-state index in [1.54, 1.807) is 21.6 Å². The van der Waals surface area contributed by atoms with E-state index in [1.807, 2.05) is 13.8 Å². The highest BCUT2D eigenvalue weighted by Gasteiger charge is 2.38. The van der Waals surface area contributed by atoms with E-state index < -0.39 is 12.2 Å². The fourth-order valence-corrected chi connectivity index (χ4v) is 3.64. The van der Waals surface area contributed by atoms with Gasteiger partial charge in [-0.2, -0.15) is 0 Å². The SMILES string of the molecule is CC1(C)SSCC(O)C1O. The Labute approximate surface area is 68.8 Å². The first-order valence-electron chi connectivity index (χ1n) is 3.21. The summed E-state index contributed by atoms with van der Waals surface area (Å²) >= 11 is 0. The Morgan fingerprint density at radius 2 is 2.00 bits per heavy atom. The van der Waals surface area contributed by atoms with Crippen molar-refractivity contribution in [2.75, 3.05) is 5.75 Å². The van der Waals surface area contributed by atoms with Crippen LogP contribution in [0.3, 0.4) is 0 Å². The molecule has 1 rings (SSSR count). The molecule has 0 spiro atoms. The quantitative estimate of drug-likeness (QED) is 0.543. The molecule has 0 radical (unpaired) electrons. The van der Waals surface area contributed by atoms with Crippen molar-refractivity contribution in [3.05, 3.63) is 0 Å². The topological polar surface area (TPSA) is 40.5 Å². The molecule has 0 aliphatic carbocycles. The van der Waals surface area contributed by atoms with E-state index in [9.17, 15) is 10.2 Å². The lowest BCUT2D eigenvalue weighted by Gasteiger charge is -2.36. The molecule has 0 bridgehead atoms. The molecule has 60 valence electrons. The third-order valence-corrected chi connectivity index (χ3v) is 4.91. The third kappa shape index (κ3) is 1.61. The summed E-state index contributed by atoms with van der Waals surface area (Å²) in [6.07, 6.45) is -1.14. The van der Waals surface area contributed by atoms with Crippen molar-refractivity contribution in [3.8, 4) is 0 Å². The van der Waals surface area contributed by atoms with E-state index in [1.165, 1.54) is 0 Å². The Morgan fingerprint density at radius 3 is 2.40 bits per heavy atom. The van der Waals surface area contributed by atoms with Crippen molar-refractivity contribution in [2.24, 2.45) is 0 Å². The van der Waals surface area contributed by atoms with Crippen molar-refractivity contribution in [1.29, 1.82) is 0 Å². The molecule has 1 saturated heterocycles. The van der Waals surface area contributed by atoms with E-state index in [0.29, 0.717) is 5.75 Å². The molecular formula is C6H12O2S2. The molecule has 4 heteroatoms. The molecule has 1 heterocycles. The predicted molar refractivity (Wildman–Crippen MR) is 46.1 cm³/mol. The van der Waals surface area contributed by atoms with Gasteiger partial charge in [0.1, 0.15) is 0 Å². The standard InChI is InChI=1S/C6H12O2S2/c1-6(2)5(8)4(7)3-9-10-6/h4-5,7-8H,3H2,1-2H3. The van der Waals surface area contributed by atoms with Crippen molar-refractivity contribution in [2.45, 2.75) is 30.8 Å². The Hall–Kier alpha value is 0.620. The number of hydrogen-bond acceptors (Lipinski definition) is 4. The van der Waals surface area contributed by atoms with Crippen LogP contribution in [0.1, 0.15) is 13.8 Å². The van der Waals surface area contributed by atoms with Gasteiger partial charge in [-0.3, -0.25) is 0 Å². The van der Waals surface area contributed by atoms with E-state index in [0.717, 1.165) is 0 Å². The Balaban J connectivity index is 2.60. The molecule has 0 aromatic heterocycles. The predicted octanol–water partition coefficient (Wildman–Crippen LogP) is 0.882. The average molecular weight is 180 g/mol. The second-order valence-electron chi connectivity index (χ2n) is 2.98. The molecule has 2 nitrogen and oxygen atoms in total. The first-order chi connectivity index (χ1) is 4.54. The molecule has 10 heavy (non-hydrogen) atoms. The molecule has 0 aromatic rings. The molecule has 1 fully saturated rings. The molecule has 2 N–H and O–H groups in total. The van der Waals surface area contributed by atoms with Gasteiger partial charge in [0.05, 0.1) is 12.2 Å². The molecule has 1 aliphatic heterocycles. The van der Waals surface area contributed by atoms with Crippen molar-refractivity contribution in [3.63, 3.8) is 0 Å². The largest absolute Gasteiger partial charge is 0.389 e. The van der Waals surface area contributed by atoms with Crippen molar-refractivity contribution < 1.29 is 10.2 Å². The van der Waals surface area contributed by atoms with E-state index in [-0.39, 0.29) is 4.75 Å². The lowest BCUT2D eigenvalue weighted by atomic mass is 10.0. The molecule has 0 amide bonds. The van der Waals surface area contributed by atoms with Gasteiger partial charge in [0.2, 0.25) is 0 Å². The lowest BCUT2D eigenvalue weighted by molar-refractivity contribution is 0.0152. The van der Waals surface area contributed by atoms with Gasteiger partial charge >= 0.3 is 0 Å². The maximum Gasteiger partial charge on any atom is 0.0956 e. The summed E-state index contributed by atoms with van der Waals surface area (Å²) in [6.45, 7) is 3.88. The smallest absolute Gasteiger partial charge is 0.0956 e. The van der Waals surface area contributed by atoms with E-state index >= 15 is 0 Å². The van der Waals surface area contributed by atoms with Crippen LogP contribution >= 0.6 is 21.6 Å². The van der Waals surface area contributed by atoms with Crippen LogP contribution in [-0.2, 0) is 0 Å². The summed E-state index contributed by atoms with van der Waals surface area (Å²) < 4.78 is -0.206. The first kappa shape index (κ1) is 8.71.